The Morgan fingerprint density at radius 2 is 1.89 bits per heavy atom. The van der Waals surface area contributed by atoms with Crippen molar-refractivity contribution in [1.82, 2.24) is 0 Å². The van der Waals surface area contributed by atoms with Gasteiger partial charge in [-0.15, -0.1) is 0 Å². The number of amides is 1. The number of hydrogen-bond donors (Lipinski definition) is 1. The van der Waals surface area contributed by atoms with Crippen molar-refractivity contribution < 1.29 is 18.7 Å². The number of furan rings is 1. The van der Waals surface area contributed by atoms with E-state index in [0.717, 1.165) is 27.7 Å². The summed E-state index contributed by atoms with van der Waals surface area (Å²) >= 11 is 6.10. The fourth-order valence-corrected chi connectivity index (χ4v) is 3.11. The monoisotopic (exact) mass is 385 g/mol. The van der Waals surface area contributed by atoms with Crippen LogP contribution >= 0.6 is 11.6 Å². The lowest BCUT2D eigenvalue weighted by molar-refractivity contribution is -0.111. The average Bonchev–Trinajstić information content (AvgIpc) is 3.00. The minimum absolute atomic E-state index is 0.264. The van der Waals surface area contributed by atoms with E-state index in [0.29, 0.717) is 22.2 Å². The average molecular weight is 386 g/mol. The van der Waals surface area contributed by atoms with Gasteiger partial charge in [-0.25, -0.2) is 0 Å². The summed E-state index contributed by atoms with van der Waals surface area (Å²) in [5, 5.41) is 4.22. The zero-order valence-corrected chi connectivity index (χ0v) is 16.3. The van der Waals surface area contributed by atoms with E-state index < -0.39 is 0 Å². The molecule has 27 heavy (non-hydrogen) atoms. The number of benzene rings is 2. The quantitative estimate of drug-likeness (QED) is 0.593. The minimum Gasteiger partial charge on any atom is -0.496 e. The molecule has 0 bridgehead atoms. The first-order chi connectivity index (χ1) is 12.9. The summed E-state index contributed by atoms with van der Waals surface area (Å²) in [4.78, 5) is 12.4. The molecular weight excluding hydrogens is 366 g/mol. The number of allylic oxidation sites excluding steroid dienone is 1. The van der Waals surface area contributed by atoms with Gasteiger partial charge in [-0.2, -0.15) is 0 Å². The Hall–Kier alpha value is -2.92. The van der Waals surface area contributed by atoms with Crippen LogP contribution in [-0.2, 0) is 4.79 Å². The van der Waals surface area contributed by atoms with Crippen LogP contribution in [0.4, 0.5) is 5.69 Å². The van der Waals surface area contributed by atoms with Gasteiger partial charge < -0.3 is 19.2 Å². The number of ether oxygens (including phenoxy) is 2. The number of carbonyl (C=O) groups excluding carboxylic acids is 1. The van der Waals surface area contributed by atoms with Crippen LogP contribution in [0.25, 0.3) is 16.5 Å². The fraction of sp³-hybridized carbons (Fsp3) is 0.190. The zero-order chi connectivity index (χ0) is 19.6. The number of hydrogen-bond acceptors (Lipinski definition) is 4. The highest BCUT2D eigenvalue weighted by atomic mass is 35.5. The molecule has 0 spiro atoms. The second-order valence-corrected chi connectivity index (χ2v) is 6.54. The van der Waals surface area contributed by atoms with Gasteiger partial charge in [0, 0.05) is 28.8 Å². The summed E-state index contributed by atoms with van der Waals surface area (Å²) < 4.78 is 16.1. The molecular formula is C21H20ClNO4. The fourth-order valence-electron chi connectivity index (χ4n) is 2.86. The maximum absolute atomic E-state index is 12.4. The highest BCUT2D eigenvalue weighted by molar-refractivity contribution is 6.32. The standard InChI is InChI=1S/C21H20ClNO4/c1-12(7-21(24)23-14-5-6-18(25-3)17(22)8-14)15-9-16-13(2)11-27-20(16)10-19(15)26-4/h5-11H,1-4H3,(H,23,24)/b12-7+. The van der Waals surface area contributed by atoms with Gasteiger partial charge in [-0.1, -0.05) is 11.6 Å². The molecule has 1 N–H and O–H groups in total. The molecule has 1 heterocycles. The Labute approximate surface area is 162 Å². The minimum atomic E-state index is -0.264. The lowest BCUT2D eigenvalue weighted by Crippen LogP contribution is -2.08. The molecule has 5 nitrogen and oxygen atoms in total. The maximum Gasteiger partial charge on any atom is 0.248 e. The molecule has 0 aliphatic rings. The van der Waals surface area contributed by atoms with Crippen molar-refractivity contribution in [3.63, 3.8) is 0 Å². The molecule has 0 aliphatic heterocycles. The Morgan fingerprint density at radius 3 is 2.56 bits per heavy atom. The number of nitrogens with one attached hydrogen (secondary N) is 1. The van der Waals surface area contributed by atoms with E-state index in [9.17, 15) is 4.79 Å². The van der Waals surface area contributed by atoms with E-state index in [-0.39, 0.29) is 5.91 Å². The van der Waals surface area contributed by atoms with Gasteiger partial charge in [-0.05, 0) is 49.2 Å². The van der Waals surface area contributed by atoms with Crippen molar-refractivity contribution in [2.75, 3.05) is 19.5 Å². The first kappa shape index (κ1) is 18.9. The Balaban J connectivity index is 1.88. The molecule has 1 aromatic heterocycles. The van der Waals surface area contributed by atoms with Crippen molar-refractivity contribution in [1.29, 1.82) is 0 Å². The third-order valence-corrected chi connectivity index (χ3v) is 4.58. The van der Waals surface area contributed by atoms with Crippen molar-refractivity contribution in [2.24, 2.45) is 0 Å². The molecule has 0 saturated carbocycles. The van der Waals surface area contributed by atoms with Gasteiger partial charge >= 0.3 is 0 Å². The zero-order valence-electron chi connectivity index (χ0n) is 15.6. The Bertz CT molecular complexity index is 1040. The molecule has 0 fully saturated rings. The molecule has 0 saturated heterocycles. The highest BCUT2D eigenvalue weighted by Gasteiger charge is 2.12. The van der Waals surface area contributed by atoms with E-state index in [1.54, 1.807) is 31.6 Å². The molecule has 0 atom stereocenters. The molecule has 6 heteroatoms. The first-order valence-electron chi connectivity index (χ1n) is 8.32. The summed E-state index contributed by atoms with van der Waals surface area (Å²) in [6.45, 7) is 3.83. The van der Waals surface area contributed by atoms with Crippen LogP contribution in [-0.4, -0.2) is 20.1 Å². The number of halogens is 1. The molecule has 1 amide bonds. The predicted octanol–water partition coefficient (Wildman–Crippen LogP) is 5.45. The van der Waals surface area contributed by atoms with Gasteiger partial charge in [0.1, 0.15) is 17.1 Å². The van der Waals surface area contributed by atoms with Crippen LogP contribution in [0.5, 0.6) is 11.5 Å². The Morgan fingerprint density at radius 1 is 1.15 bits per heavy atom. The van der Waals surface area contributed by atoms with Crippen LogP contribution in [0.15, 0.2) is 47.1 Å². The number of carbonyl (C=O) groups is 1. The molecule has 140 valence electrons. The lowest BCUT2D eigenvalue weighted by atomic mass is 10.0. The van der Waals surface area contributed by atoms with Crippen LogP contribution in [0.3, 0.4) is 0 Å². The molecule has 0 radical (unpaired) electrons. The molecule has 0 aliphatic carbocycles. The summed E-state index contributed by atoms with van der Waals surface area (Å²) in [7, 11) is 3.13. The van der Waals surface area contributed by atoms with E-state index in [1.807, 2.05) is 26.0 Å². The molecule has 2 aromatic carbocycles. The summed E-state index contributed by atoms with van der Waals surface area (Å²) in [5.41, 5.74) is 3.96. The Kier molecular flexibility index (Phi) is 5.42. The number of fused-ring (bicyclic) bond motifs is 1. The van der Waals surface area contributed by atoms with Gasteiger partial charge in [-0.3, -0.25) is 4.79 Å². The lowest BCUT2D eigenvalue weighted by Gasteiger charge is -2.10. The number of aryl methyl sites for hydroxylation is 1. The van der Waals surface area contributed by atoms with Crippen LogP contribution in [0.1, 0.15) is 18.1 Å². The van der Waals surface area contributed by atoms with E-state index in [1.165, 1.54) is 13.2 Å². The highest BCUT2D eigenvalue weighted by Crippen LogP contribution is 2.33. The summed E-state index contributed by atoms with van der Waals surface area (Å²) in [6.07, 6.45) is 3.23. The third kappa shape index (κ3) is 3.93. The van der Waals surface area contributed by atoms with Gasteiger partial charge in [0.25, 0.3) is 0 Å². The number of methoxy groups -OCH3 is 2. The van der Waals surface area contributed by atoms with Gasteiger partial charge in [0.05, 0.1) is 25.5 Å². The topological polar surface area (TPSA) is 60.7 Å². The smallest absolute Gasteiger partial charge is 0.248 e. The first-order valence-corrected chi connectivity index (χ1v) is 8.69. The predicted molar refractivity (Wildman–Crippen MR) is 108 cm³/mol. The maximum atomic E-state index is 12.4. The molecule has 0 unspecified atom stereocenters. The van der Waals surface area contributed by atoms with E-state index in [4.69, 9.17) is 25.5 Å². The van der Waals surface area contributed by atoms with Crippen LogP contribution in [0, 0.1) is 6.92 Å². The van der Waals surface area contributed by atoms with Crippen LogP contribution < -0.4 is 14.8 Å². The van der Waals surface area contributed by atoms with Gasteiger partial charge in [0.2, 0.25) is 5.91 Å². The summed E-state index contributed by atoms with van der Waals surface area (Å²) in [6, 6.07) is 8.87. The number of rotatable bonds is 5. The van der Waals surface area contributed by atoms with Crippen molar-refractivity contribution in [2.45, 2.75) is 13.8 Å². The van der Waals surface area contributed by atoms with Crippen molar-refractivity contribution in [3.8, 4) is 11.5 Å². The normalized spacial score (nSPS) is 11.5. The van der Waals surface area contributed by atoms with E-state index >= 15 is 0 Å². The second-order valence-electron chi connectivity index (χ2n) is 6.13. The second kappa shape index (κ2) is 7.76. The molecule has 3 rings (SSSR count). The third-order valence-electron chi connectivity index (χ3n) is 4.28. The van der Waals surface area contributed by atoms with E-state index in [2.05, 4.69) is 5.32 Å². The van der Waals surface area contributed by atoms with Crippen LogP contribution in [0.2, 0.25) is 5.02 Å². The van der Waals surface area contributed by atoms with Gasteiger partial charge in [0.15, 0.2) is 0 Å². The summed E-state index contributed by atoms with van der Waals surface area (Å²) in [5.74, 6) is 0.931. The molecule has 3 aromatic rings. The SMILES string of the molecule is COc1ccc(NC(=O)/C=C(\C)c2cc3c(C)coc3cc2OC)cc1Cl. The largest absolute Gasteiger partial charge is 0.496 e. The van der Waals surface area contributed by atoms with Crippen molar-refractivity contribution >= 4 is 39.7 Å². The van der Waals surface area contributed by atoms with Crippen molar-refractivity contribution in [3.05, 3.63) is 58.8 Å². The number of anilines is 1.